The molecule has 0 saturated carbocycles. The van der Waals surface area contributed by atoms with Crippen LogP contribution in [0.4, 0.5) is 0 Å². The van der Waals surface area contributed by atoms with Gasteiger partial charge >= 0.3 is 0 Å². The standard InChI is InChI=1S/C37H42N2O5/c1-28(40)38-22-34(42-24-30-16-8-3-9-17-30)35-37(44-26-32-20-12-5-13-21-32)36(43-25-31-18-10-4-11-19-31)33(39-35)27-41-23-29-14-6-2-7-15-29/h2-21,33-37,39H,22-27H2,1H3,(H,38,40)/t33-,34?,35-,36-,37-/m1/s1. The SMILES string of the molecule is CC(=O)NCC(OCc1ccccc1)[C@H]1N[C@H](COCc2ccccc2)[C@@H](OCc2ccccc2)[C@@H]1OCc1ccccc1. The molecular formula is C37H42N2O5. The summed E-state index contributed by atoms with van der Waals surface area (Å²) in [7, 11) is 0. The van der Waals surface area contributed by atoms with Gasteiger partial charge in [-0.05, 0) is 22.3 Å². The third-order valence-electron chi connectivity index (χ3n) is 7.72. The third-order valence-corrected chi connectivity index (χ3v) is 7.72. The average Bonchev–Trinajstić information content (AvgIpc) is 3.41. The van der Waals surface area contributed by atoms with Gasteiger partial charge in [-0.2, -0.15) is 0 Å². The van der Waals surface area contributed by atoms with Crippen LogP contribution in [0.15, 0.2) is 121 Å². The predicted octanol–water partition coefficient (Wildman–Crippen LogP) is 5.44. The zero-order chi connectivity index (χ0) is 30.4. The fourth-order valence-corrected chi connectivity index (χ4v) is 5.46. The van der Waals surface area contributed by atoms with Gasteiger partial charge in [0.25, 0.3) is 0 Å². The Labute approximate surface area is 260 Å². The summed E-state index contributed by atoms with van der Waals surface area (Å²) >= 11 is 0. The minimum Gasteiger partial charge on any atom is -0.375 e. The molecule has 4 aromatic carbocycles. The molecule has 1 fully saturated rings. The Balaban J connectivity index is 1.39. The smallest absolute Gasteiger partial charge is 0.216 e. The third kappa shape index (κ3) is 9.58. The molecule has 1 heterocycles. The van der Waals surface area contributed by atoms with E-state index in [2.05, 4.69) is 47.0 Å². The molecule has 1 saturated heterocycles. The summed E-state index contributed by atoms with van der Waals surface area (Å²) in [6.45, 7) is 4.00. The second-order valence-electron chi connectivity index (χ2n) is 11.1. The molecule has 4 aromatic rings. The maximum absolute atomic E-state index is 12.0. The normalized spacial score (nSPS) is 20.3. The molecule has 0 aromatic heterocycles. The number of hydrogen-bond donors (Lipinski definition) is 2. The fourth-order valence-electron chi connectivity index (χ4n) is 5.46. The highest BCUT2D eigenvalue weighted by Gasteiger charge is 2.48. The highest BCUT2D eigenvalue weighted by molar-refractivity contribution is 5.72. The second kappa shape index (κ2) is 16.9. The Morgan fingerprint density at radius 1 is 0.659 bits per heavy atom. The van der Waals surface area contributed by atoms with Crippen molar-refractivity contribution in [3.8, 4) is 0 Å². The highest BCUT2D eigenvalue weighted by atomic mass is 16.6. The first-order valence-electron chi connectivity index (χ1n) is 15.2. The molecule has 0 aliphatic carbocycles. The van der Waals surface area contributed by atoms with Gasteiger partial charge in [-0.1, -0.05) is 121 Å². The van der Waals surface area contributed by atoms with E-state index >= 15 is 0 Å². The molecule has 0 spiro atoms. The Morgan fingerprint density at radius 2 is 1.11 bits per heavy atom. The monoisotopic (exact) mass is 594 g/mol. The van der Waals surface area contributed by atoms with Crippen LogP contribution >= 0.6 is 0 Å². The van der Waals surface area contributed by atoms with E-state index in [-0.39, 0.29) is 36.3 Å². The minimum absolute atomic E-state index is 0.113. The lowest BCUT2D eigenvalue weighted by Gasteiger charge is -2.31. The molecule has 1 aliphatic rings. The number of nitrogens with one attached hydrogen (secondary N) is 2. The van der Waals surface area contributed by atoms with Crippen LogP contribution in [-0.2, 0) is 50.2 Å². The van der Waals surface area contributed by atoms with Crippen LogP contribution in [0.1, 0.15) is 29.2 Å². The molecule has 5 rings (SSSR count). The molecule has 0 radical (unpaired) electrons. The molecule has 1 aliphatic heterocycles. The van der Waals surface area contributed by atoms with Gasteiger partial charge in [0.05, 0.1) is 51.2 Å². The van der Waals surface area contributed by atoms with E-state index in [9.17, 15) is 4.79 Å². The zero-order valence-electron chi connectivity index (χ0n) is 25.2. The summed E-state index contributed by atoms with van der Waals surface area (Å²) in [5.74, 6) is -0.113. The van der Waals surface area contributed by atoms with Gasteiger partial charge in [0.15, 0.2) is 0 Å². The number of carbonyl (C=O) groups excluding carboxylic acids is 1. The van der Waals surface area contributed by atoms with E-state index in [1.807, 2.05) is 84.9 Å². The van der Waals surface area contributed by atoms with E-state index in [0.29, 0.717) is 39.6 Å². The largest absolute Gasteiger partial charge is 0.375 e. The lowest BCUT2D eigenvalue weighted by molar-refractivity contribution is -0.121. The molecule has 230 valence electrons. The van der Waals surface area contributed by atoms with Crippen molar-refractivity contribution in [3.63, 3.8) is 0 Å². The number of amides is 1. The van der Waals surface area contributed by atoms with Crippen LogP contribution in [0.5, 0.6) is 0 Å². The van der Waals surface area contributed by atoms with Crippen molar-refractivity contribution < 1.29 is 23.7 Å². The Hall–Kier alpha value is -3.85. The lowest BCUT2D eigenvalue weighted by atomic mass is 10.0. The number of hydrogen-bond acceptors (Lipinski definition) is 6. The van der Waals surface area contributed by atoms with Gasteiger partial charge in [0, 0.05) is 13.5 Å². The molecule has 0 bridgehead atoms. The second-order valence-corrected chi connectivity index (χ2v) is 11.1. The van der Waals surface area contributed by atoms with E-state index in [1.165, 1.54) is 6.92 Å². The first kappa shape index (κ1) is 31.6. The maximum atomic E-state index is 12.0. The number of ether oxygens (including phenoxy) is 4. The van der Waals surface area contributed by atoms with Crippen molar-refractivity contribution in [3.05, 3.63) is 144 Å². The van der Waals surface area contributed by atoms with Crippen molar-refractivity contribution in [2.45, 2.75) is 63.7 Å². The first-order valence-corrected chi connectivity index (χ1v) is 15.2. The number of benzene rings is 4. The quantitative estimate of drug-likeness (QED) is 0.180. The molecule has 2 N–H and O–H groups in total. The molecule has 1 unspecified atom stereocenters. The van der Waals surface area contributed by atoms with Crippen LogP contribution in [0.25, 0.3) is 0 Å². The van der Waals surface area contributed by atoms with E-state index in [1.54, 1.807) is 0 Å². The summed E-state index contributed by atoms with van der Waals surface area (Å²) in [5.41, 5.74) is 4.31. The number of rotatable bonds is 16. The van der Waals surface area contributed by atoms with Crippen molar-refractivity contribution in [2.75, 3.05) is 13.2 Å². The minimum atomic E-state index is -0.387. The lowest BCUT2D eigenvalue weighted by Crippen LogP contribution is -2.51. The highest BCUT2D eigenvalue weighted by Crippen LogP contribution is 2.28. The van der Waals surface area contributed by atoms with Crippen molar-refractivity contribution in [1.29, 1.82) is 0 Å². The van der Waals surface area contributed by atoms with Crippen LogP contribution in [-0.4, -0.2) is 49.5 Å². The van der Waals surface area contributed by atoms with Crippen LogP contribution in [0, 0.1) is 0 Å². The average molecular weight is 595 g/mol. The van der Waals surface area contributed by atoms with Crippen molar-refractivity contribution in [1.82, 2.24) is 10.6 Å². The zero-order valence-corrected chi connectivity index (χ0v) is 25.2. The van der Waals surface area contributed by atoms with Crippen LogP contribution < -0.4 is 10.6 Å². The number of carbonyl (C=O) groups is 1. The topological polar surface area (TPSA) is 78.1 Å². The molecule has 7 heteroatoms. The van der Waals surface area contributed by atoms with Crippen LogP contribution in [0.2, 0.25) is 0 Å². The summed E-state index contributed by atoms with van der Waals surface area (Å²) < 4.78 is 26.1. The van der Waals surface area contributed by atoms with Gasteiger partial charge in [0.1, 0.15) is 12.2 Å². The molecule has 44 heavy (non-hydrogen) atoms. The maximum Gasteiger partial charge on any atom is 0.216 e. The van der Waals surface area contributed by atoms with E-state index in [0.717, 1.165) is 22.3 Å². The van der Waals surface area contributed by atoms with Crippen LogP contribution in [0.3, 0.4) is 0 Å². The predicted molar refractivity (Wildman–Crippen MR) is 171 cm³/mol. The summed E-state index contributed by atoms with van der Waals surface area (Å²) in [6, 6.07) is 40.0. The van der Waals surface area contributed by atoms with Gasteiger partial charge in [-0.25, -0.2) is 0 Å². The van der Waals surface area contributed by atoms with Gasteiger partial charge in [-0.3, -0.25) is 4.79 Å². The Bertz CT molecular complexity index is 1370. The van der Waals surface area contributed by atoms with Crippen molar-refractivity contribution in [2.24, 2.45) is 0 Å². The summed E-state index contributed by atoms with van der Waals surface area (Å²) in [5, 5.41) is 6.73. The first-order chi connectivity index (χ1) is 21.7. The summed E-state index contributed by atoms with van der Waals surface area (Å²) in [4.78, 5) is 12.0. The van der Waals surface area contributed by atoms with E-state index < -0.39 is 0 Å². The molecule has 7 nitrogen and oxygen atoms in total. The Kier molecular flexibility index (Phi) is 12.1. The van der Waals surface area contributed by atoms with Gasteiger partial charge < -0.3 is 29.6 Å². The summed E-state index contributed by atoms with van der Waals surface area (Å²) in [6.07, 6.45) is -1.10. The Morgan fingerprint density at radius 3 is 1.61 bits per heavy atom. The van der Waals surface area contributed by atoms with Crippen molar-refractivity contribution >= 4 is 5.91 Å². The molecule has 5 atom stereocenters. The molecular weight excluding hydrogens is 552 g/mol. The van der Waals surface area contributed by atoms with Gasteiger partial charge in [-0.15, -0.1) is 0 Å². The van der Waals surface area contributed by atoms with E-state index in [4.69, 9.17) is 18.9 Å². The fraction of sp³-hybridized carbons (Fsp3) is 0.324. The van der Waals surface area contributed by atoms with Gasteiger partial charge in [0.2, 0.25) is 5.91 Å². The molecule has 1 amide bonds.